The Bertz CT molecular complexity index is 387. The molecule has 1 aliphatic rings. The number of rotatable bonds is 1. The van der Waals surface area contributed by atoms with Gasteiger partial charge in [0.15, 0.2) is 0 Å². The van der Waals surface area contributed by atoms with Crippen LogP contribution in [-0.2, 0) is 4.79 Å². The van der Waals surface area contributed by atoms with Crippen LogP contribution in [0.15, 0.2) is 6.07 Å². The Kier molecular flexibility index (Phi) is 2.28. The zero-order valence-electron chi connectivity index (χ0n) is 8.34. The predicted molar refractivity (Wildman–Crippen MR) is 54.2 cm³/mol. The second-order valence-corrected chi connectivity index (χ2v) is 3.59. The number of aliphatic hydroxyl groups excluding tert-OH is 1. The quantitative estimate of drug-likeness (QED) is 0.647. The van der Waals surface area contributed by atoms with Crippen molar-refractivity contribution in [3.8, 4) is 0 Å². The van der Waals surface area contributed by atoms with Crippen molar-refractivity contribution in [2.75, 3.05) is 17.2 Å². The number of nitrogens with zero attached hydrogens (tertiary/aromatic N) is 3. The zero-order valence-corrected chi connectivity index (χ0v) is 8.34. The first-order valence-electron chi connectivity index (χ1n) is 4.66. The summed E-state index contributed by atoms with van der Waals surface area (Å²) in [6, 6.07) is 1.67. The monoisotopic (exact) mass is 208 g/mol. The lowest BCUT2D eigenvalue weighted by Crippen LogP contribution is -2.26. The number of aryl methyl sites for hydroxylation is 1. The highest BCUT2D eigenvalue weighted by Gasteiger charge is 2.30. The molecule has 0 saturated carbocycles. The number of aromatic nitrogens is 2. The van der Waals surface area contributed by atoms with Crippen LogP contribution >= 0.6 is 0 Å². The number of carbonyl (C=O) groups is 1. The van der Waals surface area contributed by atoms with Crippen molar-refractivity contribution in [1.82, 2.24) is 9.97 Å². The van der Waals surface area contributed by atoms with Crippen molar-refractivity contribution in [2.24, 2.45) is 0 Å². The smallest absolute Gasteiger partial charge is 0.230 e. The summed E-state index contributed by atoms with van der Waals surface area (Å²) in [5.41, 5.74) is 6.19. The lowest BCUT2D eigenvalue weighted by molar-refractivity contribution is -0.117. The molecule has 6 nitrogen and oxygen atoms in total. The first-order chi connectivity index (χ1) is 7.06. The molecule has 0 bridgehead atoms. The number of hydrogen-bond donors (Lipinski definition) is 2. The largest absolute Gasteiger partial charge is 0.391 e. The SMILES string of the molecule is Cc1cc(N2CC(O)CC2=O)nc(N)n1. The minimum Gasteiger partial charge on any atom is -0.391 e. The van der Waals surface area contributed by atoms with E-state index < -0.39 is 6.10 Å². The van der Waals surface area contributed by atoms with E-state index in [9.17, 15) is 9.90 Å². The molecule has 1 fully saturated rings. The molecule has 0 spiro atoms. The molecule has 80 valence electrons. The number of hydrogen-bond acceptors (Lipinski definition) is 5. The highest BCUT2D eigenvalue weighted by atomic mass is 16.3. The molecule has 1 aliphatic heterocycles. The molecule has 1 aromatic heterocycles. The van der Waals surface area contributed by atoms with Gasteiger partial charge in [-0.05, 0) is 6.92 Å². The highest BCUT2D eigenvalue weighted by molar-refractivity contribution is 5.95. The second-order valence-electron chi connectivity index (χ2n) is 3.59. The lowest BCUT2D eigenvalue weighted by atomic mass is 10.3. The summed E-state index contributed by atoms with van der Waals surface area (Å²) in [6.07, 6.45) is -0.475. The summed E-state index contributed by atoms with van der Waals surface area (Å²) < 4.78 is 0. The molecule has 0 radical (unpaired) electrons. The molecule has 15 heavy (non-hydrogen) atoms. The minimum absolute atomic E-state index is 0.138. The Morgan fingerprint density at radius 2 is 2.33 bits per heavy atom. The number of β-amino-alcohol motifs (C(OH)–C–C–N with tert-alkyl or cyclic N) is 1. The van der Waals surface area contributed by atoms with Crippen molar-refractivity contribution >= 4 is 17.7 Å². The normalized spacial score (nSPS) is 21.1. The summed E-state index contributed by atoms with van der Waals surface area (Å²) in [7, 11) is 0. The molecule has 0 aromatic carbocycles. The van der Waals surface area contributed by atoms with E-state index in [-0.39, 0.29) is 24.8 Å². The van der Waals surface area contributed by atoms with Gasteiger partial charge in [-0.25, -0.2) is 4.98 Å². The molecule has 1 unspecified atom stereocenters. The molecule has 6 heteroatoms. The molecule has 1 amide bonds. The van der Waals surface area contributed by atoms with Crippen molar-refractivity contribution in [2.45, 2.75) is 19.4 Å². The van der Waals surface area contributed by atoms with Crippen molar-refractivity contribution in [3.63, 3.8) is 0 Å². The number of anilines is 2. The molecule has 2 rings (SSSR count). The Labute approximate surface area is 86.7 Å². The molecular formula is C9H12N4O2. The van der Waals surface area contributed by atoms with Gasteiger partial charge in [0.05, 0.1) is 19.1 Å². The van der Waals surface area contributed by atoms with E-state index in [4.69, 9.17) is 5.73 Å². The van der Waals surface area contributed by atoms with Gasteiger partial charge in [-0.3, -0.25) is 9.69 Å². The maximum Gasteiger partial charge on any atom is 0.230 e. The predicted octanol–water partition coefficient (Wildman–Crippen LogP) is -0.535. The van der Waals surface area contributed by atoms with E-state index in [1.54, 1.807) is 13.0 Å². The lowest BCUT2D eigenvalue weighted by Gasteiger charge is -2.14. The van der Waals surface area contributed by atoms with E-state index in [0.717, 1.165) is 0 Å². The number of aliphatic hydroxyl groups is 1. The third-order valence-corrected chi connectivity index (χ3v) is 2.24. The molecule has 2 heterocycles. The highest BCUT2D eigenvalue weighted by Crippen LogP contribution is 2.20. The van der Waals surface area contributed by atoms with Gasteiger partial charge in [0.1, 0.15) is 5.82 Å². The average molecular weight is 208 g/mol. The van der Waals surface area contributed by atoms with Gasteiger partial charge in [-0.2, -0.15) is 4.98 Å². The van der Waals surface area contributed by atoms with Gasteiger partial charge in [0, 0.05) is 11.8 Å². The zero-order chi connectivity index (χ0) is 11.0. The van der Waals surface area contributed by atoms with Crippen molar-refractivity contribution in [1.29, 1.82) is 0 Å². The number of nitrogens with two attached hydrogens (primary N) is 1. The van der Waals surface area contributed by atoms with Crippen LogP contribution in [0.4, 0.5) is 11.8 Å². The Morgan fingerprint density at radius 3 is 2.87 bits per heavy atom. The topological polar surface area (TPSA) is 92.3 Å². The standard InChI is InChI=1S/C9H12N4O2/c1-5-2-7(12-9(10)11-5)13-4-6(14)3-8(13)15/h2,6,14H,3-4H2,1H3,(H2,10,11,12). The maximum atomic E-state index is 11.5. The van der Waals surface area contributed by atoms with Crippen LogP contribution in [0.1, 0.15) is 12.1 Å². The summed E-state index contributed by atoms with van der Waals surface area (Å²) >= 11 is 0. The maximum absolute atomic E-state index is 11.5. The van der Waals surface area contributed by atoms with Gasteiger partial charge in [-0.15, -0.1) is 0 Å². The first kappa shape index (κ1) is 9.85. The first-order valence-corrected chi connectivity index (χ1v) is 4.66. The molecule has 3 N–H and O–H groups in total. The van der Waals surface area contributed by atoms with E-state index >= 15 is 0 Å². The van der Waals surface area contributed by atoms with Crippen LogP contribution < -0.4 is 10.6 Å². The number of carbonyl (C=O) groups excluding carboxylic acids is 1. The fraction of sp³-hybridized carbons (Fsp3) is 0.444. The molecule has 1 aromatic rings. The third kappa shape index (κ3) is 1.89. The van der Waals surface area contributed by atoms with E-state index in [2.05, 4.69) is 9.97 Å². The second kappa shape index (κ2) is 3.47. The molecular weight excluding hydrogens is 196 g/mol. The van der Waals surface area contributed by atoms with Gasteiger partial charge < -0.3 is 10.8 Å². The van der Waals surface area contributed by atoms with E-state index in [1.807, 2.05) is 0 Å². The summed E-state index contributed by atoms with van der Waals surface area (Å²) in [4.78, 5) is 20.8. The van der Waals surface area contributed by atoms with Crippen LogP contribution in [-0.4, -0.2) is 33.6 Å². The Hall–Kier alpha value is -1.69. The summed E-state index contributed by atoms with van der Waals surface area (Å²) in [5, 5.41) is 9.33. The average Bonchev–Trinajstić information content (AvgIpc) is 2.43. The fourth-order valence-electron chi connectivity index (χ4n) is 1.62. The number of amides is 1. The van der Waals surface area contributed by atoms with Crippen LogP contribution in [0.3, 0.4) is 0 Å². The van der Waals surface area contributed by atoms with Crippen LogP contribution in [0.5, 0.6) is 0 Å². The van der Waals surface area contributed by atoms with Gasteiger partial charge in [0.2, 0.25) is 11.9 Å². The Morgan fingerprint density at radius 1 is 1.60 bits per heavy atom. The summed E-state index contributed by atoms with van der Waals surface area (Å²) in [5.74, 6) is 0.459. The van der Waals surface area contributed by atoms with Crippen molar-refractivity contribution in [3.05, 3.63) is 11.8 Å². The fourth-order valence-corrected chi connectivity index (χ4v) is 1.62. The Balaban J connectivity index is 2.33. The third-order valence-electron chi connectivity index (χ3n) is 2.24. The van der Waals surface area contributed by atoms with E-state index in [1.165, 1.54) is 4.90 Å². The van der Waals surface area contributed by atoms with Crippen LogP contribution in [0.2, 0.25) is 0 Å². The van der Waals surface area contributed by atoms with Gasteiger partial charge in [0.25, 0.3) is 0 Å². The molecule has 1 saturated heterocycles. The number of nitrogen functional groups attached to an aromatic ring is 1. The summed E-state index contributed by atoms with van der Waals surface area (Å²) in [6.45, 7) is 2.05. The van der Waals surface area contributed by atoms with Crippen molar-refractivity contribution < 1.29 is 9.90 Å². The van der Waals surface area contributed by atoms with Gasteiger partial charge >= 0.3 is 0 Å². The molecule has 1 atom stereocenters. The van der Waals surface area contributed by atoms with Crippen LogP contribution in [0, 0.1) is 6.92 Å². The molecule has 0 aliphatic carbocycles. The van der Waals surface area contributed by atoms with E-state index in [0.29, 0.717) is 11.5 Å². The van der Waals surface area contributed by atoms with Crippen LogP contribution in [0.25, 0.3) is 0 Å². The minimum atomic E-state index is -0.617. The van der Waals surface area contributed by atoms with Gasteiger partial charge in [-0.1, -0.05) is 0 Å².